The van der Waals surface area contributed by atoms with Crippen molar-refractivity contribution in [2.45, 2.75) is 39.0 Å². The van der Waals surface area contributed by atoms with Gasteiger partial charge in [-0.3, -0.25) is 14.6 Å². The van der Waals surface area contributed by atoms with Crippen LogP contribution >= 0.6 is 0 Å². The smallest absolute Gasteiger partial charge is 0.490 e. The first-order valence-corrected chi connectivity index (χ1v) is 13.4. The highest BCUT2D eigenvalue weighted by Crippen LogP contribution is 2.17. The van der Waals surface area contributed by atoms with E-state index in [4.69, 9.17) is 14.6 Å². The number of benzene rings is 3. The summed E-state index contributed by atoms with van der Waals surface area (Å²) in [6, 6.07) is 24.4. The Bertz CT molecular complexity index is 1260. The number of carboxylic acids is 1. The minimum atomic E-state index is -5.08. The van der Waals surface area contributed by atoms with Crippen LogP contribution < -0.4 is 10.1 Å². The molecule has 0 spiro atoms. The van der Waals surface area contributed by atoms with Crippen LogP contribution in [0.25, 0.3) is 0 Å². The second-order valence-electron chi connectivity index (χ2n) is 9.76. The molecule has 2 N–H and O–H groups in total. The second kappa shape index (κ2) is 15.2. The highest BCUT2D eigenvalue weighted by atomic mass is 19.4. The number of ether oxygens (including phenoxy) is 1. The van der Waals surface area contributed by atoms with Crippen LogP contribution in [0.2, 0.25) is 0 Å². The SMILES string of the molecule is CCc1ccc(NC(=O)c2cccc(CN3CCCN(Cc4ccc(OC)cc4)CC3)c2)cc1.O=C(O)C(F)(F)F. The zero-order chi connectivity index (χ0) is 29.8. The molecule has 1 saturated heterocycles. The number of amides is 1. The van der Waals surface area contributed by atoms with Crippen LogP contribution in [-0.4, -0.2) is 66.2 Å². The molecule has 0 bridgehead atoms. The maximum Gasteiger partial charge on any atom is 0.490 e. The number of carbonyl (C=O) groups excluding carboxylic acids is 1. The number of carboxylic acid groups (broad SMARTS) is 1. The first-order chi connectivity index (χ1) is 19.6. The highest BCUT2D eigenvalue weighted by molar-refractivity contribution is 6.04. The zero-order valence-electron chi connectivity index (χ0n) is 23.3. The van der Waals surface area contributed by atoms with E-state index >= 15 is 0 Å². The number of nitrogens with one attached hydrogen (secondary N) is 1. The number of alkyl halides is 3. The lowest BCUT2D eigenvalue weighted by molar-refractivity contribution is -0.192. The number of hydrogen-bond donors (Lipinski definition) is 2. The van der Waals surface area contributed by atoms with Crippen molar-refractivity contribution in [1.82, 2.24) is 9.80 Å². The van der Waals surface area contributed by atoms with Crippen molar-refractivity contribution in [2.75, 3.05) is 38.6 Å². The zero-order valence-corrected chi connectivity index (χ0v) is 23.3. The lowest BCUT2D eigenvalue weighted by atomic mass is 10.1. The molecule has 4 rings (SSSR count). The van der Waals surface area contributed by atoms with Gasteiger partial charge in [0.1, 0.15) is 5.75 Å². The lowest BCUT2D eigenvalue weighted by Crippen LogP contribution is -2.30. The number of rotatable bonds is 8. The minimum absolute atomic E-state index is 0.0624. The number of aliphatic carboxylic acids is 1. The van der Waals surface area contributed by atoms with Crippen molar-refractivity contribution in [3.8, 4) is 5.75 Å². The monoisotopic (exact) mass is 571 g/mol. The second-order valence-corrected chi connectivity index (χ2v) is 9.76. The Morgan fingerprint density at radius 3 is 1.95 bits per heavy atom. The molecule has 7 nitrogen and oxygen atoms in total. The van der Waals surface area contributed by atoms with Gasteiger partial charge in [0, 0.05) is 37.4 Å². The van der Waals surface area contributed by atoms with Gasteiger partial charge in [-0.15, -0.1) is 0 Å². The van der Waals surface area contributed by atoms with Crippen molar-refractivity contribution < 1.29 is 32.6 Å². The lowest BCUT2D eigenvalue weighted by Gasteiger charge is -2.22. The van der Waals surface area contributed by atoms with E-state index < -0.39 is 12.1 Å². The Labute approximate surface area is 238 Å². The molecule has 0 unspecified atom stereocenters. The van der Waals surface area contributed by atoms with Crippen molar-refractivity contribution in [3.05, 3.63) is 95.1 Å². The molecule has 10 heteroatoms. The molecule has 1 fully saturated rings. The Morgan fingerprint density at radius 1 is 0.854 bits per heavy atom. The third-order valence-corrected chi connectivity index (χ3v) is 6.70. The number of methoxy groups -OCH3 is 1. The van der Waals surface area contributed by atoms with E-state index in [0.717, 1.165) is 63.5 Å². The van der Waals surface area contributed by atoms with E-state index in [1.807, 2.05) is 42.5 Å². The van der Waals surface area contributed by atoms with Gasteiger partial charge >= 0.3 is 12.1 Å². The Kier molecular flexibility index (Phi) is 11.7. The molecule has 3 aromatic rings. The predicted molar refractivity (Wildman–Crippen MR) is 152 cm³/mol. The fourth-order valence-corrected chi connectivity index (χ4v) is 4.43. The van der Waals surface area contributed by atoms with Gasteiger partial charge in [0.25, 0.3) is 5.91 Å². The summed E-state index contributed by atoms with van der Waals surface area (Å²) in [6.45, 7) is 8.19. The summed E-state index contributed by atoms with van der Waals surface area (Å²) in [5, 5.41) is 10.1. The summed E-state index contributed by atoms with van der Waals surface area (Å²) >= 11 is 0. The molecule has 41 heavy (non-hydrogen) atoms. The van der Waals surface area contributed by atoms with E-state index in [-0.39, 0.29) is 5.91 Å². The van der Waals surface area contributed by atoms with Crippen LogP contribution in [0.4, 0.5) is 18.9 Å². The molecular weight excluding hydrogens is 535 g/mol. The highest BCUT2D eigenvalue weighted by Gasteiger charge is 2.38. The number of aryl methyl sites for hydroxylation is 1. The van der Waals surface area contributed by atoms with Crippen molar-refractivity contribution in [3.63, 3.8) is 0 Å². The molecule has 1 aliphatic rings. The van der Waals surface area contributed by atoms with Gasteiger partial charge in [0.15, 0.2) is 0 Å². The topological polar surface area (TPSA) is 82.1 Å². The van der Waals surface area contributed by atoms with Crippen LogP contribution in [0, 0.1) is 0 Å². The van der Waals surface area contributed by atoms with Gasteiger partial charge in [0.05, 0.1) is 7.11 Å². The fourth-order valence-electron chi connectivity index (χ4n) is 4.43. The van der Waals surface area contributed by atoms with Gasteiger partial charge in [-0.1, -0.05) is 43.3 Å². The number of halogens is 3. The summed E-state index contributed by atoms with van der Waals surface area (Å²) < 4.78 is 37.0. The maximum absolute atomic E-state index is 12.8. The van der Waals surface area contributed by atoms with Crippen molar-refractivity contribution >= 4 is 17.6 Å². The van der Waals surface area contributed by atoms with Gasteiger partial charge in [0.2, 0.25) is 0 Å². The molecule has 0 atom stereocenters. The molecule has 0 aliphatic carbocycles. The quantitative estimate of drug-likeness (QED) is 0.353. The third kappa shape index (κ3) is 10.5. The number of nitrogens with zero attached hydrogens (tertiary/aromatic N) is 2. The Balaban J connectivity index is 0.000000587. The summed E-state index contributed by atoms with van der Waals surface area (Å²) in [6.07, 6.45) is -2.95. The summed E-state index contributed by atoms with van der Waals surface area (Å²) in [5.74, 6) is -1.92. The van der Waals surface area contributed by atoms with E-state index in [0.29, 0.717) is 5.56 Å². The summed E-state index contributed by atoms with van der Waals surface area (Å²) in [5.41, 5.74) is 5.29. The Hall–Kier alpha value is -3.89. The molecular formula is C31H36F3N3O4. The van der Waals surface area contributed by atoms with E-state index in [1.165, 1.54) is 16.7 Å². The minimum Gasteiger partial charge on any atom is -0.497 e. The van der Waals surface area contributed by atoms with E-state index in [1.54, 1.807) is 7.11 Å². The standard InChI is InChI=1S/C29H35N3O2.C2HF3O2/c1-3-23-8-12-27(13-9-23)30-29(33)26-7-4-6-25(20-26)22-32-17-5-16-31(18-19-32)21-24-10-14-28(34-2)15-11-24;3-2(4,5)1(6)7/h4,6-15,20H,3,5,16-19,21-22H2,1-2H3,(H,30,33);(H,6,7). The molecule has 0 saturated carbocycles. The van der Waals surface area contributed by atoms with Crippen LogP contribution in [0.5, 0.6) is 5.75 Å². The van der Waals surface area contributed by atoms with Crippen LogP contribution in [0.15, 0.2) is 72.8 Å². The van der Waals surface area contributed by atoms with Crippen molar-refractivity contribution in [1.29, 1.82) is 0 Å². The molecule has 0 radical (unpaired) electrons. The number of hydrogen-bond acceptors (Lipinski definition) is 5. The predicted octanol–water partition coefficient (Wildman–Crippen LogP) is 5.85. The average Bonchev–Trinajstić information content (AvgIpc) is 3.18. The molecule has 1 amide bonds. The molecule has 3 aromatic carbocycles. The number of carbonyl (C=O) groups is 2. The van der Waals surface area contributed by atoms with Gasteiger partial charge in [-0.25, -0.2) is 4.79 Å². The van der Waals surface area contributed by atoms with Gasteiger partial charge in [-0.2, -0.15) is 13.2 Å². The van der Waals surface area contributed by atoms with Crippen LogP contribution in [-0.2, 0) is 24.3 Å². The van der Waals surface area contributed by atoms with Gasteiger partial charge < -0.3 is 15.2 Å². The molecule has 1 aliphatic heterocycles. The first-order valence-electron chi connectivity index (χ1n) is 13.4. The largest absolute Gasteiger partial charge is 0.497 e. The summed E-state index contributed by atoms with van der Waals surface area (Å²) in [4.78, 5) is 26.7. The van der Waals surface area contributed by atoms with Crippen LogP contribution in [0.3, 0.4) is 0 Å². The third-order valence-electron chi connectivity index (χ3n) is 6.70. The van der Waals surface area contributed by atoms with E-state index in [9.17, 15) is 18.0 Å². The normalized spacial score (nSPS) is 14.4. The molecule has 0 aromatic heterocycles. The van der Waals surface area contributed by atoms with E-state index in [2.05, 4.69) is 52.4 Å². The van der Waals surface area contributed by atoms with Gasteiger partial charge in [-0.05, 0) is 79.0 Å². The first kappa shape index (κ1) is 31.6. The molecule has 1 heterocycles. The number of anilines is 1. The fraction of sp³-hybridized carbons (Fsp3) is 0.355. The molecule has 220 valence electrons. The van der Waals surface area contributed by atoms with Crippen LogP contribution in [0.1, 0.15) is 40.4 Å². The Morgan fingerprint density at radius 2 is 1.41 bits per heavy atom. The van der Waals surface area contributed by atoms with Crippen molar-refractivity contribution in [2.24, 2.45) is 0 Å². The summed E-state index contributed by atoms with van der Waals surface area (Å²) in [7, 11) is 1.70. The maximum atomic E-state index is 12.8. The average molecular weight is 572 g/mol.